The van der Waals surface area contributed by atoms with Crippen molar-refractivity contribution in [2.24, 2.45) is 5.92 Å². The molecule has 2 N–H and O–H groups in total. The Morgan fingerprint density at radius 2 is 2.05 bits per heavy atom. The van der Waals surface area contributed by atoms with Crippen molar-refractivity contribution in [3.8, 4) is 0 Å². The second kappa shape index (κ2) is 6.39. The topological polar surface area (TPSA) is 86.7 Å². The Balaban J connectivity index is 2.00. The van der Waals surface area contributed by atoms with E-state index in [0.29, 0.717) is 11.3 Å². The zero-order valence-electron chi connectivity index (χ0n) is 11.8. The fourth-order valence-electron chi connectivity index (χ4n) is 1.91. The zero-order chi connectivity index (χ0) is 15.4. The van der Waals surface area contributed by atoms with Crippen LogP contribution in [0.25, 0.3) is 0 Å². The van der Waals surface area contributed by atoms with Gasteiger partial charge in [0, 0.05) is 30.8 Å². The average molecular weight is 290 g/mol. The molecule has 1 saturated carbocycles. The summed E-state index contributed by atoms with van der Waals surface area (Å²) in [4.78, 5) is 35.7. The first-order valence-electron chi connectivity index (χ1n) is 6.85. The van der Waals surface area contributed by atoms with E-state index in [4.69, 9.17) is 5.11 Å². The normalized spacial score (nSPS) is 13.6. The minimum Gasteiger partial charge on any atom is -0.481 e. The maximum Gasteiger partial charge on any atom is 0.305 e. The van der Waals surface area contributed by atoms with E-state index in [0.717, 1.165) is 12.8 Å². The number of carbonyl (C=O) groups excluding carboxylic acids is 2. The van der Waals surface area contributed by atoms with E-state index in [9.17, 15) is 14.4 Å². The third-order valence-corrected chi connectivity index (χ3v) is 3.33. The van der Waals surface area contributed by atoms with Gasteiger partial charge in [-0.05, 0) is 31.0 Å². The van der Waals surface area contributed by atoms with E-state index in [1.54, 1.807) is 31.3 Å². The molecule has 1 aliphatic rings. The van der Waals surface area contributed by atoms with Crippen molar-refractivity contribution in [3.05, 3.63) is 29.8 Å². The van der Waals surface area contributed by atoms with E-state index in [-0.39, 0.29) is 30.7 Å². The number of anilines is 1. The monoisotopic (exact) mass is 290 g/mol. The van der Waals surface area contributed by atoms with Gasteiger partial charge in [-0.1, -0.05) is 6.07 Å². The van der Waals surface area contributed by atoms with Gasteiger partial charge in [0.1, 0.15) is 0 Å². The Morgan fingerprint density at radius 3 is 2.67 bits per heavy atom. The molecular weight excluding hydrogens is 272 g/mol. The average Bonchev–Trinajstić information content (AvgIpc) is 3.28. The van der Waals surface area contributed by atoms with Crippen LogP contribution in [0.5, 0.6) is 0 Å². The minimum atomic E-state index is -0.944. The molecule has 0 saturated heterocycles. The van der Waals surface area contributed by atoms with Crippen LogP contribution in [-0.4, -0.2) is 41.4 Å². The lowest BCUT2D eigenvalue weighted by Gasteiger charge is -2.16. The Kier molecular flexibility index (Phi) is 4.57. The summed E-state index contributed by atoms with van der Waals surface area (Å²) in [5.41, 5.74) is 1.01. The second-order valence-corrected chi connectivity index (χ2v) is 5.21. The van der Waals surface area contributed by atoms with Gasteiger partial charge in [-0.25, -0.2) is 0 Å². The molecule has 0 aliphatic heterocycles. The molecule has 0 radical (unpaired) electrons. The first-order valence-corrected chi connectivity index (χ1v) is 6.85. The number of nitrogens with zero attached hydrogens (tertiary/aromatic N) is 1. The highest BCUT2D eigenvalue weighted by Crippen LogP contribution is 2.30. The lowest BCUT2D eigenvalue weighted by Crippen LogP contribution is -2.29. The number of rotatable bonds is 6. The van der Waals surface area contributed by atoms with Gasteiger partial charge in [0.15, 0.2) is 0 Å². The van der Waals surface area contributed by atoms with Gasteiger partial charge in [0.05, 0.1) is 6.42 Å². The molecule has 1 aliphatic carbocycles. The van der Waals surface area contributed by atoms with E-state index < -0.39 is 5.97 Å². The summed E-state index contributed by atoms with van der Waals surface area (Å²) >= 11 is 0. The van der Waals surface area contributed by atoms with E-state index in [1.807, 2.05) is 0 Å². The summed E-state index contributed by atoms with van der Waals surface area (Å²) in [7, 11) is 1.56. The van der Waals surface area contributed by atoms with Crippen LogP contribution in [0.4, 0.5) is 5.69 Å². The summed E-state index contributed by atoms with van der Waals surface area (Å²) in [6.45, 7) is 0.146. The Hall–Kier alpha value is -2.37. The number of benzene rings is 1. The third kappa shape index (κ3) is 4.30. The van der Waals surface area contributed by atoms with Gasteiger partial charge in [-0.15, -0.1) is 0 Å². The van der Waals surface area contributed by atoms with Gasteiger partial charge >= 0.3 is 5.97 Å². The molecule has 21 heavy (non-hydrogen) atoms. The molecule has 112 valence electrons. The summed E-state index contributed by atoms with van der Waals surface area (Å²) in [6, 6.07) is 6.68. The van der Waals surface area contributed by atoms with E-state index in [1.165, 1.54) is 4.90 Å². The summed E-state index contributed by atoms with van der Waals surface area (Å²) in [6.07, 6.45) is 1.74. The van der Waals surface area contributed by atoms with Gasteiger partial charge in [-0.2, -0.15) is 0 Å². The van der Waals surface area contributed by atoms with Crippen LogP contribution in [0.15, 0.2) is 24.3 Å². The predicted octanol–water partition coefficient (Wildman–Crippen LogP) is 1.58. The molecule has 6 heteroatoms. The maximum absolute atomic E-state index is 12.2. The van der Waals surface area contributed by atoms with Gasteiger partial charge < -0.3 is 15.3 Å². The SMILES string of the molecule is CN(CCC(=O)O)C(=O)c1cccc(NC(=O)C2CC2)c1. The van der Waals surface area contributed by atoms with Crippen molar-refractivity contribution in [2.75, 3.05) is 18.9 Å². The fourth-order valence-corrected chi connectivity index (χ4v) is 1.91. The summed E-state index contributed by atoms with van der Waals surface area (Å²) in [5, 5.41) is 11.4. The lowest BCUT2D eigenvalue weighted by atomic mass is 10.1. The van der Waals surface area contributed by atoms with Crippen LogP contribution in [0.1, 0.15) is 29.6 Å². The first kappa shape index (κ1) is 15.0. The maximum atomic E-state index is 12.2. The van der Waals surface area contributed by atoms with Gasteiger partial charge in [0.2, 0.25) is 5.91 Å². The van der Waals surface area contributed by atoms with Crippen molar-refractivity contribution in [2.45, 2.75) is 19.3 Å². The molecule has 0 atom stereocenters. The summed E-state index contributed by atoms with van der Waals surface area (Å²) in [5.74, 6) is -1.12. The number of carbonyl (C=O) groups is 3. The molecular formula is C15H18N2O4. The highest BCUT2D eigenvalue weighted by molar-refractivity contribution is 5.98. The standard InChI is InChI=1S/C15H18N2O4/c1-17(8-7-13(18)19)15(21)11-3-2-4-12(9-11)16-14(20)10-5-6-10/h2-4,9-10H,5-8H2,1H3,(H,16,20)(H,18,19). The van der Waals surface area contributed by atoms with E-state index in [2.05, 4.69) is 5.32 Å². The van der Waals surface area contributed by atoms with Crippen molar-refractivity contribution in [1.82, 2.24) is 4.90 Å². The van der Waals surface area contributed by atoms with Crippen LogP contribution >= 0.6 is 0 Å². The van der Waals surface area contributed by atoms with Crippen molar-refractivity contribution < 1.29 is 19.5 Å². The first-order chi connectivity index (χ1) is 9.97. The molecule has 0 heterocycles. The molecule has 0 unspecified atom stereocenters. The Bertz CT molecular complexity index is 567. The largest absolute Gasteiger partial charge is 0.481 e. The fraction of sp³-hybridized carbons (Fsp3) is 0.400. The number of hydrogen-bond acceptors (Lipinski definition) is 3. The molecule has 0 spiro atoms. The molecule has 2 rings (SSSR count). The van der Waals surface area contributed by atoms with Crippen LogP contribution in [0.2, 0.25) is 0 Å². The number of carboxylic acid groups (broad SMARTS) is 1. The Labute approximate surface area is 122 Å². The van der Waals surface area contributed by atoms with Crippen molar-refractivity contribution in [3.63, 3.8) is 0 Å². The number of nitrogens with one attached hydrogen (secondary N) is 1. The summed E-state index contributed by atoms with van der Waals surface area (Å²) < 4.78 is 0. The van der Waals surface area contributed by atoms with Gasteiger partial charge in [0.25, 0.3) is 5.91 Å². The van der Waals surface area contributed by atoms with E-state index >= 15 is 0 Å². The zero-order valence-corrected chi connectivity index (χ0v) is 11.8. The molecule has 6 nitrogen and oxygen atoms in total. The molecule has 1 aromatic rings. The van der Waals surface area contributed by atoms with Crippen LogP contribution < -0.4 is 5.32 Å². The van der Waals surface area contributed by atoms with Gasteiger partial charge in [-0.3, -0.25) is 14.4 Å². The molecule has 0 aromatic heterocycles. The third-order valence-electron chi connectivity index (χ3n) is 3.33. The highest BCUT2D eigenvalue weighted by atomic mass is 16.4. The molecule has 2 amide bonds. The molecule has 0 bridgehead atoms. The molecule has 1 fully saturated rings. The number of aliphatic carboxylic acids is 1. The van der Waals surface area contributed by atoms with Crippen LogP contribution in [-0.2, 0) is 9.59 Å². The Morgan fingerprint density at radius 1 is 1.33 bits per heavy atom. The predicted molar refractivity (Wildman–Crippen MR) is 77.0 cm³/mol. The van der Waals surface area contributed by atoms with Crippen molar-refractivity contribution in [1.29, 1.82) is 0 Å². The molecule has 1 aromatic carbocycles. The second-order valence-electron chi connectivity index (χ2n) is 5.21. The number of hydrogen-bond donors (Lipinski definition) is 2. The lowest BCUT2D eigenvalue weighted by molar-refractivity contribution is -0.137. The minimum absolute atomic E-state index is 0.0150. The van der Waals surface area contributed by atoms with Crippen molar-refractivity contribution >= 4 is 23.5 Å². The number of carboxylic acids is 1. The number of amides is 2. The van der Waals surface area contributed by atoms with Crippen LogP contribution in [0.3, 0.4) is 0 Å². The smallest absolute Gasteiger partial charge is 0.305 e. The highest BCUT2D eigenvalue weighted by Gasteiger charge is 2.29. The van der Waals surface area contributed by atoms with Crippen LogP contribution in [0, 0.1) is 5.92 Å². The quantitative estimate of drug-likeness (QED) is 0.832.